The van der Waals surface area contributed by atoms with Crippen LogP contribution in [0.1, 0.15) is 0 Å². The average Bonchev–Trinajstić information content (AvgIpc) is 2.27. The van der Waals surface area contributed by atoms with Crippen molar-refractivity contribution < 1.29 is 4.74 Å². The SMILES string of the molecule is Nc1nccnc1Oc1cc(Br)ccc1Cl. The molecule has 6 heteroatoms. The van der Waals surface area contributed by atoms with Crippen LogP contribution in [-0.2, 0) is 0 Å². The highest BCUT2D eigenvalue weighted by molar-refractivity contribution is 9.10. The summed E-state index contributed by atoms with van der Waals surface area (Å²) in [6.45, 7) is 0. The predicted octanol–water partition coefficient (Wildman–Crippen LogP) is 3.27. The van der Waals surface area contributed by atoms with Gasteiger partial charge in [-0.25, -0.2) is 9.97 Å². The van der Waals surface area contributed by atoms with E-state index in [-0.39, 0.29) is 11.7 Å². The number of nitrogens with two attached hydrogens (primary N) is 1. The van der Waals surface area contributed by atoms with Gasteiger partial charge < -0.3 is 10.5 Å². The summed E-state index contributed by atoms with van der Waals surface area (Å²) >= 11 is 9.29. The summed E-state index contributed by atoms with van der Waals surface area (Å²) in [5, 5.41) is 0.480. The van der Waals surface area contributed by atoms with Gasteiger partial charge >= 0.3 is 0 Å². The number of aromatic nitrogens is 2. The molecule has 2 N–H and O–H groups in total. The molecule has 0 amide bonds. The van der Waals surface area contributed by atoms with Crippen LogP contribution in [0, 0.1) is 0 Å². The monoisotopic (exact) mass is 299 g/mol. The third-order valence-electron chi connectivity index (χ3n) is 1.79. The molecule has 0 saturated heterocycles. The number of nitrogen functional groups attached to an aromatic ring is 1. The predicted molar refractivity (Wildman–Crippen MR) is 65.7 cm³/mol. The molecule has 0 unspecified atom stereocenters. The molecule has 0 fully saturated rings. The molecule has 82 valence electrons. The van der Waals surface area contributed by atoms with E-state index >= 15 is 0 Å². The van der Waals surface area contributed by atoms with Crippen LogP contribution in [0.3, 0.4) is 0 Å². The van der Waals surface area contributed by atoms with Crippen LogP contribution in [0.5, 0.6) is 11.6 Å². The lowest BCUT2D eigenvalue weighted by Crippen LogP contribution is -1.97. The number of hydrogen-bond acceptors (Lipinski definition) is 4. The van der Waals surface area contributed by atoms with Crippen molar-refractivity contribution in [3.05, 3.63) is 40.1 Å². The molecule has 1 heterocycles. The van der Waals surface area contributed by atoms with Crippen LogP contribution in [0.2, 0.25) is 5.02 Å². The number of nitrogens with zero attached hydrogens (tertiary/aromatic N) is 2. The Morgan fingerprint density at radius 2 is 2.00 bits per heavy atom. The first-order valence-corrected chi connectivity index (χ1v) is 5.53. The lowest BCUT2D eigenvalue weighted by atomic mass is 10.3. The minimum atomic E-state index is 0.221. The van der Waals surface area contributed by atoms with Crippen molar-refractivity contribution >= 4 is 33.3 Å². The maximum absolute atomic E-state index is 5.96. The molecule has 0 radical (unpaired) electrons. The van der Waals surface area contributed by atoms with E-state index < -0.39 is 0 Å². The zero-order chi connectivity index (χ0) is 11.5. The first-order chi connectivity index (χ1) is 7.66. The van der Waals surface area contributed by atoms with Gasteiger partial charge in [0.2, 0.25) is 0 Å². The lowest BCUT2D eigenvalue weighted by Gasteiger charge is -2.07. The number of benzene rings is 1. The van der Waals surface area contributed by atoms with E-state index in [1.54, 1.807) is 12.1 Å². The van der Waals surface area contributed by atoms with Gasteiger partial charge in [-0.05, 0) is 18.2 Å². The largest absolute Gasteiger partial charge is 0.434 e. The Morgan fingerprint density at radius 1 is 1.25 bits per heavy atom. The van der Waals surface area contributed by atoms with Crippen molar-refractivity contribution in [3.63, 3.8) is 0 Å². The molecule has 16 heavy (non-hydrogen) atoms. The van der Waals surface area contributed by atoms with Crippen LogP contribution >= 0.6 is 27.5 Å². The Morgan fingerprint density at radius 3 is 2.75 bits per heavy atom. The average molecular weight is 301 g/mol. The molecule has 2 aromatic rings. The van der Waals surface area contributed by atoms with Crippen LogP contribution in [-0.4, -0.2) is 9.97 Å². The van der Waals surface area contributed by atoms with Crippen LogP contribution < -0.4 is 10.5 Å². The third kappa shape index (κ3) is 2.43. The van der Waals surface area contributed by atoms with Crippen molar-refractivity contribution in [2.45, 2.75) is 0 Å². The van der Waals surface area contributed by atoms with E-state index in [1.807, 2.05) is 6.07 Å². The summed E-state index contributed by atoms with van der Waals surface area (Å²) in [5.74, 6) is 0.935. The maximum Gasteiger partial charge on any atom is 0.262 e. The van der Waals surface area contributed by atoms with Gasteiger partial charge in [0.25, 0.3) is 5.88 Å². The molecule has 0 saturated carbocycles. The van der Waals surface area contributed by atoms with E-state index in [2.05, 4.69) is 25.9 Å². The summed E-state index contributed by atoms with van der Waals surface area (Å²) in [4.78, 5) is 7.82. The molecule has 2 rings (SSSR count). The fourth-order valence-corrected chi connectivity index (χ4v) is 1.57. The molecule has 1 aromatic heterocycles. The summed E-state index contributed by atoms with van der Waals surface area (Å²) < 4.78 is 6.32. The van der Waals surface area contributed by atoms with E-state index in [1.165, 1.54) is 12.4 Å². The van der Waals surface area contributed by atoms with Gasteiger partial charge in [-0.1, -0.05) is 27.5 Å². The normalized spacial score (nSPS) is 10.1. The summed E-state index contributed by atoms with van der Waals surface area (Å²) in [7, 11) is 0. The Bertz CT molecular complexity index is 521. The Kier molecular flexibility index (Phi) is 3.26. The van der Waals surface area contributed by atoms with E-state index in [0.717, 1.165) is 4.47 Å². The van der Waals surface area contributed by atoms with Crippen molar-refractivity contribution in [2.75, 3.05) is 5.73 Å². The number of anilines is 1. The van der Waals surface area contributed by atoms with Crippen LogP contribution in [0.4, 0.5) is 5.82 Å². The quantitative estimate of drug-likeness (QED) is 0.924. The van der Waals surface area contributed by atoms with Gasteiger partial charge in [0.1, 0.15) is 5.75 Å². The van der Waals surface area contributed by atoms with Crippen molar-refractivity contribution in [1.82, 2.24) is 9.97 Å². The second kappa shape index (κ2) is 4.67. The highest BCUT2D eigenvalue weighted by Crippen LogP contribution is 2.32. The fourth-order valence-electron chi connectivity index (χ4n) is 1.07. The van der Waals surface area contributed by atoms with E-state index in [9.17, 15) is 0 Å². The zero-order valence-corrected chi connectivity index (χ0v) is 10.4. The highest BCUT2D eigenvalue weighted by Gasteiger charge is 2.07. The fraction of sp³-hybridized carbons (Fsp3) is 0. The smallest absolute Gasteiger partial charge is 0.262 e. The van der Waals surface area contributed by atoms with Gasteiger partial charge in [-0.3, -0.25) is 0 Å². The van der Waals surface area contributed by atoms with Gasteiger partial charge in [-0.2, -0.15) is 0 Å². The van der Waals surface area contributed by atoms with Gasteiger partial charge in [0.05, 0.1) is 5.02 Å². The molecule has 0 bridgehead atoms. The summed E-state index contributed by atoms with van der Waals surface area (Å²) in [5.41, 5.74) is 5.60. The third-order valence-corrected chi connectivity index (χ3v) is 2.60. The standard InChI is InChI=1S/C10H7BrClN3O/c11-6-1-2-7(12)8(5-6)16-10-9(13)14-3-4-15-10/h1-5H,(H2,13,14). The Labute approximate surface area is 106 Å². The van der Waals surface area contributed by atoms with Gasteiger partial charge in [0, 0.05) is 16.9 Å². The second-order valence-electron chi connectivity index (χ2n) is 2.92. The molecule has 0 aliphatic carbocycles. The molecule has 1 aromatic carbocycles. The van der Waals surface area contributed by atoms with E-state index in [4.69, 9.17) is 22.1 Å². The maximum atomic E-state index is 5.96. The number of ether oxygens (including phenoxy) is 1. The van der Waals surface area contributed by atoms with Gasteiger partial charge in [-0.15, -0.1) is 0 Å². The van der Waals surface area contributed by atoms with Crippen LogP contribution in [0.25, 0.3) is 0 Å². The molecule has 0 aliphatic heterocycles. The van der Waals surface area contributed by atoms with Crippen LogP contribution in [0.15, 0.2) is 35.1 Å². The van der Waals surface area contributed by atoms with Crippen molar-refractivity contribution in [2.24, 2.45) is 0 Å². The summed E-state index contributed by atoms with van der Waals surface area (Å²) in [6.07, 6.45) is 2.99. The first-order valence-electron chi connectivity index (χ1n) is 4.36. The molecule has 0 aliphatic rings. The molecule has 4 nitrogen and oxygen atoms in total. The first kappa shape index (κ1) is 11.2. The molecule has 0 spiro atoms. The second-order valence-corrected chi connectivity index (χ2v) is 4.25. The number of rotatable bonds is 2. The topological polar surface area (TPSA) is 61.0 Å². The molecule has 0 atom stereocenters. The minimum absolute atomic E-state index is 0.221. The minimum Gasteiger partial charge on any atom is -0.434 e. The number of hydrogen-bond donors (Lipinski definition) is 1. The number of halogens is 2. The molecular weight excluding hydrogens is 293 g/mol. The van der Waals surface area contributed by atoms with Crippen molar-refractivity contribution in [1.29, 1.82) is 0 Å². The molecular formula is C10H7BrClN3O. The zero-order valence-electron chi connectivity index (χ0n) is 8.02. The van der Waals surface area contributed by atoms with Crippen molar-refractivity contribution in [3.8, 4) is 11.6 Å². The Hall–Kier alpha value is -1.33. The Balaban J connectivity index is 2.34. The lowest BCUT2D eigenvalue weighted by molar-refractivity contribution is 0.463. The highest BCUT2D eigenvalue weighted by atomic mass is 79.9. The van der Waals surface area contributed by atoms with E-state index in [0.29, 0.717) is 10.8 Å². The van der Waals surface area contributed by atoms with Gasteiger partial charge in [0.15, 0.2) is 5.82 Å². The summed E-state index contributed by atoms with van der Waals surface area (Å²) in [6, 6.07) is 5.26.